The highest BCUT2D eigenvalue weighted by Gasteiger charge is 2.49. The van der Waals surface area contributed by atoms with Crippen LogP contribution in [0.25, 0.3) is 0 Å². The van der Waals surface area contributed by atoms with Gasteiger partial charge >= 0.3 is 6.03 Å². The molecule has 0 saturated carbocycles. The molecule has 7 nitrogen and oxygen atoms in total. The molecule has 1 N–H and O–H groups in total. The van der Waals surface area contributed by atoms with Crippen molar-refractivity contribution in [2.75, 3.05) is 6.54 Å². The summed E-state index contributed by atoms with van der Waals surface area (Å²) in [5.74, 6) is -0.00570. The molecule has 8 heteroatoms. The van der Waals surface area contributed by atoms with E-state index in [1.54, 1.807) is 43.5 Å². The molecule has 1 unspecified atom stereocenters. The maximum atomic E-state index is 13.1. The van der Waals surface area contributed by atoms with Crippen LogP contribution in [0, 0.1) is 13.8 Å². The number of ketones is 1. The van der Waals surface area contributed by atoms with Crippen LogP contribution >= 0.6 is 11.6 Å². The zero-order chi connectivity index (χ0) is 22.3. The van der Waals surface area contributed by atoms with Crippen LogP contribution in [-0.4, -0.2) is 33.7 Å². The number of urea groups is 1. The lowest BCUT2D eigenvalue weighted by molar-refractivity contribution is -0.130. The smallest absolute Gasteiger partial charge is 0.325 e. The lowest BCUT2D eigenvalue weighted by Gasteiger charge is -2.22. The highest BCUT2D eigenvalue weighted by molar-refractivity contribution is 6.30. The van der Waals surface area contributed by atoms with E-state index in [4.69, 9.17) is 16.0 Å². The number of benzene rings is 1. The molecule has 4 rings (SSSR count). The Morgan fingerprint density at radius 1 is 1.16 bits per heavy atom. The molecule has 1 aliphatic heterocycles. The van der Waals surface area contributed by atoms with E-state index in [2.05, 4.69) is 5.32 Å². The number of furan rings is 1. The summed E-state index contributed by atoms with van der Waals surface area (Å²) in [6.07, 6.45) is 1.60. The first kappa shape index (κ1) is 20.9. The Morgan fingerprint density at radius 3 is 2.52 bits per heavy atom. The van der Waals surface area contributed by atoms with Crippen molar-refractivity contribution in [1.82, 2.24) is 14.8 Å². The van der Waals surface area contributed by atoms with E-state index < -0.39 is 17.5 Å². The number of aromatic nitrogens is 1. The van der Waals surface area contributed by atoms with Crippen LogP contribution in [0.5, 0.6) is 0 Å². The Morgan fingerprint density at radius 2 is 1.87 bits per heavy atom. The molecule has 0 bridgehead atoms. The number of rotatable bonds is 6. The fourth-order valence-corrected chi connectivity index (χ4v) is 4.06. The van der Waals surface area contributed by atoms with Gasteiger partial charge in [0.05, 0.1) is 19.4 Å². The molecule has 1 fully saturated rings. The number of carbonyl (C=O) groups is 3. The number of nitrogens with zero attached hydrogens (tertiary/aromatic N) is 2. The Kier molecular flexibility index (Phi) is 5.23. The standard InChI is InChI=1S/C23H22ClN3O4/c1-14-11-19(15(2)26(14)12-18-5-4-10-31-18)20(28)13-27-21(29)23(3,25-22(27)30)16-6-8-17(24)9-7-16/h4-11H,12-13H2,1-3H3,(H,25,30). The summed E-state index contributed by atoms with van der Waals surface area (Å²) in [5.41, 5.74) is 1.47. The summed E-state index contributed by atoms with van der Waals surface area (Å²) in [6.45, 7) is 5.52. The minimum absolute atomic E-state index is 0.303. The van der Waals surface area contributed by atoms with E-state index in [0.29, 0.717) is 22.7 Å². The first-order chi connectivity index (χ1) is 14.7. The molecular formula is C23H22ClN3O4. The number of halogens is 1. The first-order valence-electron chi connectivity index (χ1n) is 9.83. The van der Waals surface area contributed by atoms with Gasteiger partial charge in [-0.1, -0.05) is 23.7 Å². The number of amides is 3. The van der Waals surface area contributed by atoms with E-state index in [0.717, 1.165) is 22.0 Å². The lowest BCUT2D eigenvalue weighted by atomic mass is 9.92. The average Bonchev–Trinajstić information content (AvgIpc) is 3.40. The third-order valence-electron chi connectivity index (χ3n) is 5.77. The van der Waals surface area contributed by atoms with Gasteiger partial charge in [-0.05, 0) is 56.7 Å². The first-order valence-corrected chi connectivity index (χ1v) is 10.2. The molecule has 160 valence electrons. The minimum Gasteiger partial charge on any atom is -0.467 e. The second kappa shape index (κ2) is 7.74. The second-order valence-corrected chi connectivity index (χ2v) is 8.26. The summed E-state index contributed by atoms with van der Waals surface area (Å²) < 4.78 is 7.37. The largest absolute Gasteiger partial charge is 0.467 e. The van der Waals surface area contributed by atoms with Crippen molar-refractivity contribution in [3.05, 3.63) is 82.0 Å². The van der Waals surface area contributed by atoms with Crippen LogP contribution in [-0.2, 0) is 16.9 Å². The molecule has 0 radical (unpaired) electrons. The van der Waals surface area contributed by atoms with Crippen LogP contribution in [0.1, 0.15) is 40.0 Å². The summed E-state index contributed by atoms with van der Waals surface area (Å²) in [5, 5.41) is 3.24. The van der Waals surface area contributed by atoms with Crippen molar-refractivity contribution in [3.8, 4) is 0 Å². The molecule has 3 heterocycles. The molecule has 0 spiro atoms. The molecule has 3 aromatic rings. The number of hydrogen-bond acceptors (Lipinski definition) is 4. The van der Waals surface area contributed by atoms with E-state index in [-0.39, 0.29) is 12.3 Å². The third kappa shape index (κ3) is 3.65. The molecule has 1 aromatic carbocycles. The van der Waals surface area contributed by atoms with Gasteiger partial charge in [-0.2, -0.15) is 0 Å². The monoisotopic (exact) mass is 439 g/mol. The van der Waals surface area contributed by atoms with Gasteiger partial charge < -0.3 is 14.3 Å². The molecule has 2 aromatic heterocycles. The Bertz CT molecular complexity index is 1160. The second-order valence-electron chi connectivity index (χ2n) is 7.83. The maximum absolute atomic E-state index is 13.1. The molecular weight excluding hydrogens is 418 g/mol. The molecule has 31 heavy (non-hydrogen) atoms. The molecule has 0 aliphatic carbocycles. The fraction of sp³-hybridized carbons (Fsp3) is 0.261. The quantitative estimate of drug-likeness (QED) is 0.464. The van der Waals surface area contributed by atoms with Crippen molar-refractivity contribution < 1.29 is 18.8 Å². The SMILES string of the molecule is Cc1cc(C(=O)CN2C(=O)NC(C)(c3ccc(Cl)cc3)C2=O)c(C)n1Cc1ccco1. The zero-order valence-electron chi connectivity index (χ0n) is 17.4. The number of carbonyl (C=O) groups excluding carboxylic acids is 3. The Balaban J connectivity index is 1.55. The lowest BCUT2D eigenvalue weighted by Crippen LogP contribution is -2.41. The predicted octanol–water partition coefficient (Wildman–Crippen LogP) is 4.05. The summed E-state index contributed by atoms with van der Waals surface area (Å²) in [7, 11) is 0. The van der Waals surface area contributed by atoms with Crippen molar-refractivity contribution >= 4 is 29.3 Å². The zero-order valence-corrected chi connectivity index (χ0v) is 18.2. The predicted molar refractivity (Wildman–Crippen MR) is 115 cm³/mol. The molecule has 1 saturated heterocycles. The van der Waals surface area contributed by atoms with Crippen LogP contribution in [0.2, 0.25) is 5.02 Å². The topological polar surface area (TPSA) is 84.5 Å². The number of imide groups is 1. The van der Waals surface area contributed by atoms with Gasteiger partial charge in [-0.25, -0.2) is 4.79 Å². The Labute approximate surface area is 184 Å². The molecule has 1 atom stereocenters. The number of aryl methyl sites for hydroxylation is 1. The van der Waals surface area contributed by atoms with Crippen LogP contribution in [0.15, 0.2) is 53.1 Å². The minimum atomic E-state index is -1.25. The van der Waals surface area contributed by atoms with Gasteiger partial charge in [0.15, 0.2) is 5.78 Å². The molecule has 3 amide bonds. The van der Waals surface area contributed by atoms with E-state index in [1.165, 1.54) is 0 Å². The van der Waals surface area contributed by atoms with Crippen molar-refractivity contribution in [2.45, 2.75) is 32.9 Å². The Hall–Kier alpha value is -3.32. The van der Waals surface area contributed by atoms with Gasteiger partial charge in [0.2, 0.25) is 0 Å². The number of nitrogens with one attached hydrogen (secondary N) is 1. The van der Waals surface area contributed by atoms with Crippen molar-refractivity contribution in [2.24, 2.45) is 0 Å². The summed E-state index contributed by atoms with van der Waals surface area (Å²) in [6, 6.07) is 11.5. The maximum Gasteiger partial charge on any atom is 0.325 e. The average molecular weight is 440 g/mol. The van der Waals surface area contributed by atoms with E-state index in [1.807, 2.05) is 30.5 Å². The highest BCUT2D eigenvalue weighted by atomic mass is 35.5. The van der Waals surface area contributed by atoms with E-state index >= 15 is 0 Å². The normalized spacial score (nSPS) is 18.5. The van der Waals surface area contributed by atoms with Gasteiger partial charge in [-0.15, -0.1) is 0 Å². The number of Topliss-reactive ketones (excluding diaryl/α,β-unsaturated/α-hetero) is 1. The van der Waals surface area contributed by atoms with Crippen LogP contribution < -0.4 is 5.32 Å². The van der Waals surface area contributed by atoms with Crippen LogP contribution in [0.3, 0.4) is 0 Å². The van der Waals surface area contributed by atoms with Crippen molar-refractivity contribution in [3.63, 3.8) is 0 Å². The third-order valence-corrected chi connectivity index (χ3v) is 6.02. The van der Waals surface area contributed by atoms with Crippen LogP contribution in [0.4, 0.5) is 4.79 Å². The van der Waals surface area contributed by atoms with Gasteiger partial charge in [0.1, 0.15) is 11.3 Å². The summed E-state index contributed by atoms with van der Waals surface area (Å²) in [4.78, 5) is 39.7. The number of hydrogen-bond donors (Lipinski definition) is 1. The fourth-order valence-electron chi connectivity index (χ4n) is 3.93. The van der Waals surface area contributed by atoms with E-state index in [9.17, 15) is 14.4 Å². The van der Waals surface area contributed by atoms with Gasteiger partial charge in [0, 0.05) is 22.0 Å². The van der Waals surface area contributed by atoms with Crippen molar-refractivity contribution in [1.29, 1.82) is 0 Å². The van der Waals surface area contributed by atoms with Gasteiger partial charge in [0.25, 0.3) is 5.91 Å². The molecule has 1 aliphatic rings. The highest BCUT2D eigenvalue weighted by Crippen LogP contribution is 2.30. The summed E-state index contributed by atoms with van der Waals surface area (Å²) >= 11 is 5.93. The van der Waals surface area contributed by atoms with Gasteiger partial charge in [-0.3, -0.25) is 14.5 Å².